The predicted molar refractivity (Wildman–Crippen MR) is 109 cm³/mol. The number of amides is 1. The molecular formula is C21H19N3O5. The third-order valence-electron chi connectivity index (χ3n) is 4.62. The van der Waals surface area contributed by atoms with Gasteiger partial charge in [0.15, 0.2) is 11.5 Å². The molecular weight excluding hydrogens is 374 g/mol. The summed E-state index contributed by atoms with van der Waals surface area (Å²) in [7, 11) is 4.62. The Kier molecular flexibility index (Phi) is 4.59. The number of aromatic amines is 1. The molecule has 0 bridgehead atoms. The van der Waals surface area contributed by atoms with Crippen LogP contribution in [0.4, 0.5) is 4.79 Å². The highest BCUT2D eigenvalue weighted by Crippen LogP contribution is 2.43. The number of nitrogens with one attached hydrogen (secondary N) is 1. The van der Waals surface area contributed by atoms with E-state index in [4.69, 9.17) is 24.7 Å². The molecule has 1 amide bonds. The third kappa shape index (κ3) is 3.14. The fourth-order valence-corrected chi connectivity index (χ4v) is 3.40. The summed E-state index contributed by atoms with van der Waals surface area (Å²) in [5, 5.41) is 1.81. The number of nitrogens with zero attached hydrogens (tertiary/aromatic N) is 1. The molecule has 4 rings (SSSR count). The van der Waals surface area contributed by atoms with Crippen molar-refractivity contribution in [3.63, 3.8) is 0 Å². The maximum absolute atomic E-state index is 11.3. The molecule has 0 fully saturated rings. The van der Waals surface area contributed by atoms with Crippen molar-refractivity contribution in [2.45, 2.75) is 0 Å². The Balaban J connectivity index is 2.05. The van der Waals surface area contributed by atoms with Gasteiger partial charge < -0.3 is 29.7 Å². The van der Waals surface area contributed by atoms with E-state index in [-0.39, 0.29) is 5.88 Å². The summed E-state index contributed by atoms with van der Waals surface area (Å²) in [6.07, 6.45) is -0.937. The van der Waals surface area contributed by atoms with Crippen LogP contribution >= 0.6 is 0 Å². The van der Waals surface area contributed by atoms with Crippen LogP contribution in [-0.4, -0.2) is 37.4 Å². The molecule has 4 aromatic rings. The minimum absolute atomic E-state index is 0.0958. The van der Waals surface area contributed by atoms with Crippen molar-refractivity contribution in [1.82, 2.24) is 9.97 Å². The standard InChI is InChI=1S/C21H19N3O5/c1-26-15-8-11(9-16(27-2)20(15)28-3)18-19-13(10-17(24-18)29-21(22)25)12-6-4-5-7-14(12)23-19/h4-10,23H,1-3H3,(H2,22,25). The van der Waals surface area contributed by atoms with Crippen LogP contribution in [0.15, 0.2) is 42.5 Å². The highest BCUT2D eigenvalue weighted by molar-refractivity contribution is 6.11. The largest absolute Gasteiger partial charge is 0.493 e. The lowest BCUT2D eigenvalue weighted by Gasteiger charge is -2.14. The van der Waals surface area contributed by atoms with Crippen molar-refractivity contribution in [1.29, 1.82) is 0 Å². The predicted octanol–water partition coefficient (Wildman–Crippen LogP) is 3.87. The van der Waals surface area contributed by atoms with Gasteiger partial charge in [-0.1, -0.05) is 18.2 Å². The van der Waals surface area contributed by atoms with E-state index in [1.807, 2.05) is 24.3 Å². The molecule has 0 saturated carbocycles. The van der Waals surface area contributed by atoms with E-state index < -0.39 is 6.09 Å². The Morgan fingerprint density at radius 2 is 1.66 bits per heavy atom. The van der Waals surface area contributed by atoms with E-state index in [9.17, 15) is 4.79 Å². The molecule has 8 nitrogen and oxygen atoms in total. The van der Waals surface area contributed by atoms with Gasteiger partial charge in [-0.05, 0) is 18.2 Å². The minimum atomic E-state index is -0.937. The first-order valence-electron chi connectivity index (χ1n) is 8.74. The molecule has 8 heteroatoms. The van der Waals surface area contributed by atoms with Crippen LogP contribution in [0.2, 0.25) is 0 Å². The van der Waals surface area contributed by atoms with Crippen LogP contribution in [0.3, 0.4) is 0 Å². The van der Waals surface area contributed by atoms with Crippen molar-refractivity contribution >= 4 is 27.9 Å². The van der Waals surface area contributed by atoms with Crippen molar-refractivity contribution < 1.29 is 23.7 Å². The van der Waals surface area contributed by atoms with Gasteiger partial charge in [-0.25, -0.2) is 9.78 Å². The van der Waals surface area contributed by atoms with Gasteiger partial charge in [0.25, 0.3) is 0 Å². The van der Waals surface area contributed by atoms with Crippen molar-refractivity contribution in [3.8, 4) is 34.4 Å². The van der Waals surface area contributed by atoms with E-state index in [1.165, 1.54) is 7.11 Å². The molecule has 0 unspecified atom stereocenters. The number of benzene rings is 2. The monoisotopic (exact) mass is 393 g/mol. The SMILES string of the molecule is COc1cc(-c2nc(OC(N)=O)cc3c2[nH]c2ccccc23)cc(OC)c1OC. The highest BCUT2D eigenvalue weighted by atomic mass is 16.6. The number of para-hydroxylation sites is 1. The molecule has 0 saturated heterocycles. The van der Waals surface area contributed by atoms with E-state index >= 15 is 0 Å². The minimum Gasteiger partial charge on any atom is -0.493 e. The molecule has 0 atom stereocenters. The lowest BCUT2D eigenvalue weighted by Crippen LogP contribution is -2.17. The van der Waals surface area contributed by atoms with E-state index in [0.29, 0.717) is 28.5 Å². The lowest BCUT2D eigenvalue weighted by atomic mass is 10.1. The van der Waals surface area contributed by atoms with E-state index in [0.717, 1.165) is 21.8 Å². The van der Waals surface area contributed by atoms with Crippen molar-refractivity contribution in [2.24, 2.45) is 5.73 Å². The number of fused-ring (bicyclic) bond motifs is 3. The van der Waals surface area contributed by atoms with Gasteiger partial charge in [-0.2, -0.15) is 0 Å². The summed E-state index contributed by atoms with van der Waals surface area (Å²) >= 11 is 0. The molecule has 2 aromatic heterocycles. The fraction of sp³-hybridized carbons (Fsp3) is 0.143. The lowest BCUT2D eigenvalue weighted by molar-refractivity contribution is 0.209. The number of aromatic nitrogens is 2. The number of H-pyrrole nitrogens is 1. The summed E-state index contributed by atoms with van der Waals surface area (Å²) in [5.74, 6) is 1.53. The summed E-state index contributed by atoms with van der Waals surface area (Å²) in [5.41, 5.74) is 8.15. The number of methoxy groups -OCH3 is 3. The summed E-state index contributed by atoms with van der Waals surface area (Å²) in [4.78, 5) is 19.2. The van der Waals surface area contributed by atoms with Gasteiger partial charge in [-0.3, -0.25) is 0 Å². The maximum atomic E-state index is 11.3. The number of rotatable bonds is 5. The Labute approximate surface area is 166 Å². The first-order chi connectivity index (χ1) is 14.0. The number of carbonyl (C=O) groups excluding carboxylic acids is 1. The number of primary amides is 1. The van der Waals surface area contributed by atoms with Crippen LogP contribution in [-0.2, 0) is 0 Å². The Hall–Kier alpha value is -3.94. The van der Waals surface area contributed by atoms with Crippen LogP contribution in [0.25, 0.3) is 33.1 Å². The van der Waals surface area contributed by atoms with Crippen LogP contribution < -0.4 is 24.7 Å². The van der Waals surface area contributed by atoms with Gasteiger partial charge in [-0.15, -0.1) is 0 Å². The number of pyridine rings is 1. The second-order valence-electron chi connectivity index (χ2n) is 6.24. The molecule has 29 heavy (non-hydrogen) atoms. The molecule has 0 aliphatic carbocycles. The zero-order valence-corrected chi connectivity index (χ0v) is 16.1. The molecule has 0 aliphatic rings. The van der Waals surface area contributed by atoms with E-state index in [2.05, 4.69) is 9.97 Å². The number of carbonyl (C=O) groups is 1. The molecule has 0 spiro atoms. The highest BCUT2D eigenvalue weighted by Gasteiger charge is 2.19. The topological polar surface area (TPSA) is 109 Å². The summed E-state index contributed by atoms with van der Waals surface area (Å²) in [6.45, 7) is 0. The van der Waals surface area contributed by atoms with Crippen molar-refractivity contribution in [2.75, 3.05) is 21.3 Å². The van der Waals surface area contributed by atoms with E-state index in [1.54, 1.807) is 32.4 Å². The normalized spacial score (nSPS) is 10.9. The van der Waals surface area contributed by atoms with Gasteiger partial charge >= 0.3 is 6.09 Å². The molecule has 2 heterocycles. The Morgan fingerprint density at radius 3 is 2.28 bits per heavy atom. The second kappa shape index (κ2) is 7.23. The van der Waals surface area contributed by atoms with Gasteiger partial charge in [0.2, 0.25) is 11.6 Å². The average molecular weight is 393 g/mol. The average Bonchev–Trinajstić information content (AvgIpc) is 3.10. The number of hydrogen-bond donors (Lipinski definition) is 2. The van der Waals surface area contributed by atoms with Gasteiger partial charge in [0.05, 0.1) is 32.5 Å². The summed E-state index contributed by atoms with van der Waals surface area (Å²) < 4.78 is 21.4. The van der Waals surface area contributed by atoms with Crippen LogP contribution in [0, 0.1) is 0 Å². The quantitative estimate of drug-likeness (QED) is 0.533. The first-order valence-corrected chi connectivity index (χ1v) is 8.74. The third-order valence-corrected chi connectivity index (χ3v) is 4.62. The van der Waals surface area contributed by atoms with Crippen molar-refractivity contribution in [3.05, 3.63) is 42.5 Å². The molecule has 0 aliphatic heterocycles. The maximum Gasteiger partial charge on any atom is 0.411 e. The second-order valence-corrected chi connectivity index (χ2v) is 6.24. The van der Waals surface area contributed by atoms with Crippen LogP contribution in [0.5, 0.6) is 23.1 Å². The first kappa shape index (κ1) is 18.4. The molecule has 0 radical (unpaired) electrons. The van der Waals surface area contributed by atoms with Crippen LogP contribution in [0.1, 0.15) is 0 Å². The molecule has 3 N–H and O–H groups in total. The fourth-order valence-electron chi connectivity index (χ4n) is 3.40. The zero-order valence-electron chi connectivity index (χ0n) is 16.1. The molecule has 2 aromatic carbocycles. The van der Waals surface area contributed by atoms with Gasteiger partial charge in [0, 0.05) is 27.9 Å². The molecule has 148 valence electrons. The Bertz CT molecular complexity index is 1210. The Morgan fingerprint density at radius 1 is 0.966 bits per heavy atom. The zero-order chi connectivity index (χ0) is 20.5. The van der Waals surface area contributed by atoms with Gasteiger partial charge in [0.1, 0.15) is 0 Å². The smallest absolute Gasteiger partial charge is 0.411 e. The summed E-state index contributed by atoms with van der Waals surface area (Å²) in [6, 6.07) is 13.0. The number of nitrogens with two attached hydrogens (primary N) is 1. The number of ether oxygens (including phenoxy) is 4. The number of hydrogen-bond acceptors (Lipinski definition) is 6.